The molecule has 7 N–H and O–H groups in total. The number of aliphatic hydroxyl groups is 5. The molecule has 1 aliphatic rings. The van der Waals surface area contributed by atoms with Crippen molar-refractivity contribution in [2.75, 3.05) is 13.2 Å². The third-order valence-corrected chi connectivity index (χ3v) is 13.0. The van der Waals surface area contributed by atoms with E-state index in [-0.39, 0.29) is 6.61 Å². The summed E-state index contributed by atoms with van der Waals surface area (Å²) in [6.45, 7) is 3.82. The Hall–Kier alpha value is -0.810. The fraction of sp³-hybridized carbons (Fsp3) is 0.980. The van der Waals surface area contributed by atoms with Crippen LogP contribution in [0.25, 0.3) is 0 Å². The zero-order valence-electron chi connectivity index (χ0n) is 38.7. The number of ether oxygens (including phenoxy) is 2. The Labute approximate surface area is 363 Å². The normalized spacial score (nSPS) is 21.1. The minimum absolute atomic E-state index is 0.161. The van der Waals surface area contributed by atoms with Crippen molar-refractivity contribution in [2.45, 2.75) is 294 Å². The summed E-state index contributed by atoms with van der Waals surface area (Å²) in [6.07, 6.45) is 38.0. The topological polar surface area (TPSA) is 163 Å². The molecule has 9 heteroatoms. The molecule has 1 unspecified atom stereocenters. The van der Waals surface area contributed by atoms with E-state index in [0.29, 0.717) is 19.3 Å². The quantitative estimate of drug-likeness (QED) is 0.0259. The molecule has 0 aromatic carbocycles. The summed E-state index contributed by atoms with van der Waals surface area (Å²) in [5, 5.41) is 52.1. The second kappa shape index (κ2) is 40.0. The second-order valence-corrected chi connectivity index (χ2v) is 18.5. The fourth-order valence-corrected chi connectivity index (χ4v) is 8.83. The van der Waals surface area contributed by atoms with Gasteiger partial charge in [-0.2, -0.15) is 0 Å². The van der Waals surface area contributed by atoms with E-state index in [1.165, 1.54) is 180 Å². The lowest BCUT2D eigenvalue weighted by molar-refractivity contribution is -0.243. The third kappa shape index (κ3) is 29.2. The molecule has 1 rings (SSSR count). The van der Waals surface area contributed by atoms with E-state index >= 15 is 0 Å². The highest BCUT2D eigenvalue weighted by atomic mass is 16.6. The Balaban J connectivity index is 2.27. The SMILES string of the molecule is CCCCCCCCCCCCCCCCCCCCCCCCC(C(=O)OC[C@H](N)[C@@H](O)CCCCCCCCCCCCCCC)[C@H]1O[C@H](CO)[C@H](O)[C@H](O)[C@H]1O. The first-order valence-corrected chi connectivity index (χ1v) is 25.7. The molecule has 0 saturated carbocycles. The van der Waals surface area contributed by atoms with Crippen molar-refractivity contribution >= 4 is 5.97 Å². The highest BCUT2D eigenvalue weighted by molar-refractivity contribution is 5.73. The zero-order chi connectivity index (χ0) is 43.2. The summed E-state index contributed by atoms with van der Waals surface area (Å²) >= 11 is 0. The van der Waals surface area contributed by atoms with E-state index in [9.17, 15) is 30.3 Å². The van der Waals surface area contributed by atoms with Gasteiger partial charge in [0.1, 0.15) is 31.0 Å². The van der Waals surface area contributed by atoms with Crippen LogP contribution in [0, 0.1) is 5.92 Å². The van der Waals surface area contributed by atoms with E-state index in [1.54, 1.807) is 0 Å². The minimum Gasteiger partial charge on any atom is -0.464 e. The lowest BCUT2D eigenvalue weighted by atomic mass is 9.85. The van der Waals surface area contributed by atoms with Crippen LogP contribution in [-0.4, -0.2) is 87.4 Å². The number of rotatable bonds is 43. The summed E-state index contributed by atoms with van der Waals surface area (Å²) < 4.78 is 11.4. The molecule has 9 nitrogen and oxygen atoms in total. The van der Waals surface area contributed by atoms with E-state index in [2.05, 4.69) is 13.8 Å². The van der Waals surface area contributed by atoms with Gasteiger partial charge >= 0.3 is 5.97 Å². The number of nitrogens with two attached hydrogens (primary N) is 1. The zero-order valence-corrected chi connectivity index (χ0v) is 38.7. The molecule has 0 aromatic rings. The molecule has 0 aliphatic carbocycles. The van der Waals surface area contributed by atoms with E-state index in [4.69, 9.17) is 15.2 Å². The van der Waals surface area contributed by atoms with Crippen LogP contribution in [0.4, 0.5) is 0 Å². The van der Waals surface area contributed by atoms with Gasteiger partial charge in [-0.05, 0) is 12.8 Å². The van der Waals surface area contributed by atoms with Gasteiger partial charge in [0.15, 0.2) is 0 Å². The van der Waals surface area contributed by atoms with Crippen molar-refractivity contribution < 1.29 is 39.8 Å². The number of carbonyl (C=O) groups is 1. The Morgan fingerprint density at radius 2 is 0.831 bits per heavy atom. The predicted octanol–water partition coefficient (Wildman–Crippen LogP) is 11.1. The first kappa shape index (κ1) is 56.2. The van der Waals surface area contributed by atoms with Gasteiger partial charge in [0, 0.05) is 0 Å². The second-order valence-electron chi connectivity index (χ2n) is 18.5. The van der Waals surface area contributed by atoms with E-state index in [1.807, 2.05) is 0 Å². The summed E-state index contributed by atoms with van der Waals surface area (Å²) in [5.74, 6) is -1.52. The van der Waals surface area contributed by atoms with Crippen molar-refractivity contribution in [1.29, 1.82) is 0 Å². The Kier molecular flexibility index (Phi) is 38.1. The highest BCUT2D eigenvalue weighted by Crippen LogP contribution is 2.30. The molecule has 59 heavy (non-hydrogen) atoms. The van der Waals surface area contributed by atoms with Gasteiger partial charge in [-0.3, -0.25) is 4.79 Å². The summed E-state index contributed by atoms with van der Waals surface area (Å²) in [6, 6.07) is -0.735. The number of hydrogen-bond acceptors (Lipinski definition) is 9. The van der Waals surface area contributed by atoms with E-state index in [0.717, 1.165) is 38.5 Å². The van der Waals surface area contributed by atoms with Gasteiger partial charge in [-0.1, -0.05) is 239 Å². The molecule has 1 fully saturated rings. The summed E-state index contributed by atoms with van der Waals surface area (Å²) in [4.78, 5) is 13.5. The van der Waals surface area contributed by atoms with Crippen LogP contribution < -0.4 is 5.73 Å². The average Bonchev–Trinajstić information content (AvgIpc) is 3.24. The summed E-state index contributed by atoms with van der Waals surface area (Å²) in [7, 11) is 0. The smallest absolute Gasteiger partial charge is 0.311 e. The number of esters is 1. The van der Waals surface area contributed by atoms with Gasteiger partial charge in [0.25, 0.3) is 0 Å². The molecule has 1 aliphatic heterocycles. The molecule has 0 spiro atoms. The maximum Gasteiger partial charge on any atom is 0.311 e. The number of unbranched alkanes of at least 4 members (excludes halogenated alkanes) is 33. The molecule has 0 radical (unpaired) electrons. The van der Waals surface area contributed by atoms with Gasteiger partial charge < -0.3 is 40.7 Å². The van der Waals surface area contributed by atoms with Crippen molar-refractivity contribution in [3.63, 3.8) is 0 Å². The van der Waals surface area contributed by atoms with Crippen LogP contribution in [0.15, 0.2) is 0 Å². The molecule has 1 heterocycles. The number of carbonyl (C=O) groups excluding carboxylic acids is 1. The van der Waals surface area contributed by atoms with E-state index < -0.39 is 61.2 Å². The van der Waals surface area contributed by atoms with Gasteiger partial charge in [0.05, 0.1) is 30.8 Å². The first-order chi connectivity index (χ1) is 28.8. The lowest BCUT2D eigenvalue weighted by Crippen LogP contribution is -2.61. The van der Waals surface area contributed by atoms with Crippen LogP contribution >= 0.6 is 0 Å². The van der Waals surface area contributed by atoms with Gasteiger partial charge in [-0.25, -0.2) is 0 Å². The minimum atomic E-state index is -1.56. The maximum atomic E-state index is 13.5. The fourth-order valence-electron chi connectivity index (χ4n) is 8.83. The molecule has 0 amide bonds. The van der Waals surface area contributed by atoms with Crippen molar-refractivity contribution in [2.24, 2.45) is 11.7 Å². The molecule has 1 saturated heterocycles. The van der Waals surface area contributed by atoms with Crippen molar-refractivity contribution in [3.8, 4) is 0 Å². The lowest BCUT2D eigenvalue weighted by Gasteiger charge is -2.42. The molecule has 352 valence electrons. The average molecular weight is 842 g/mol. The molecule has 8 atom stereocenters. The molecular weight excluding hydrogens is 743 g/mol. The molecule has 0 bridgehead atoms. The van der Waals surface area contributed by atoms with Crippen LogP contribution in [-0.2, 0) is 14.3 Å². The van der Waals surface area contributed by atoms with Gasteiger partial charge in [0.2, 0.25) is 0 Å². The predicted molar refractivity (Wildman–Crippen MR) is 244 cm³/mol. The molecular formula is C50H99NO8. The van der Waals surface area contributed by atoms with Crippen molar-refractivity contribution in [3.05, 3.63) is 0 Å². The molecule has 0 aromatic heterocycles. The van der Waals surface area contributed by atoms with Gasteiger partial charge in [-0.15, -0.1) is 0 Å². The van der Waals surface area contributed by atoms with Crippen molar-refractivity contribution in [1.82, 2.24) is 0 Å². The standard InChI is InChI=1S/C50H99NO8/c1-3-5-7-9-11-13-15-17-18-19-20-21-22-23-24-25-27-28-30-32-34-36-38-42(49-48(56)47(55)46(54)45(40-52)59-49)50(57)58-41-43(51)44(53)39-37-35-33-31-29-26-16-14-12-10-8-6-4-2/h42-49,52-56H,3-41,51H2,1-2H3/t42?,43-,44-,45+,46-,47-,48+,49+/m0/s1. The first-order valence-electron chi connectivity index (χ1n) is 25.7. The number of aliphatic hydroxyl groups excluding tert-OH is 5. The largest absolute Gasteiger partial charge is 0.464 e. The van der Waals surface area contributed by atoms with Crippen LogP contribution in [0.1, 0.15) is 251 Å². The maximum absolute atomic E-state index is 13.5. The monoisotopic (exact) mass is 842 g/mol. The Morgan fingerprint density at radius 1 is 0.508 bits per heavy atom. The highest BCUT2D eigenvalue weighted by Gasteiger charge is 2.48. The Morgan fingerprint density at radius 3 is 1.17 bits per heavy atom. The summed E-state index contributed by atoms with van der Waals surface area (Å²) in [5.41, 5.74) is 6.25. The van der Waals surface area contributed by atoms with Crippen LogP contribution in [0.3, 0.4) is 0 Å². The van der Waals surface area contributed by atoms with Crippen LogP contribution in [0.2, 0.25) is 0 Å². The van der Waals surface area contributed by atoms with Crippen LogP contribution in [0.5, 0.6) is 0 Å². The third-order valence-electron chi connectivity index (χ3n) is 13.0. The Bertz CT molecular complexity index is 908. The number of hydrogen-bond donors (Lipinski definition) is 6.